The lowest BCUT2D eigenvalue weighted by molar-refractivity contribution is 0.0697. The SMILES string of the molecule is CN(C(=O)c1ccc(Cl)cc1)c1ccc(NS(=O)(=O)c2cc(C(=O)O)cs2)cc1. The average molecular weight is 451 g/mol. The third-order valence-electron chi connectivity index (χ3n) is 3.99. The predicted octanol–water partition coefficient (Wildman–Crippen LogP) is 4.18. The molecule has 150 valence electrons. The van der Waals surface area contributed by atoms with Crippen molar-refractivity contribution in [3.63, 3.8) is 0 Å². The fraction of sp³-hybridized carbons (Fsp3) is 0.0526. The van der Waals surface area contributed by atoms with Gasteiger partial charge in [0, 0.05) is 34.4 Å². The Morgan fingerprint density at radius 3 is 2.21 bits per heavy atom. The van der Waals surface area contributed by atoms with Crippen LogP contribution in [-0.4, -0.2) is 32.4 Å². The number of nitrogens with one attached hydrogen (secondary N) is 1. The summed E-state index contributed by atoms with van der Waals surface area (Å²) in [7, 11) is -2.30. The number of aromatic carboxylic acids is 1. The van der Waals surface area contributed by atoms with Crippen LogP contribution in [-0.2, 0) is 10.0 Å². The highest BCUT2D eigenvalue weighted by Gasteiger charge is 2.19. The number of hydrogen-bond acceptors (Lipinski definition) is 5. The number of carbonyl (C=O) groups is 2. The zero-order valence-electron chi connectivity index (χ0n) is 15.0. The lowest BCUT2D eigenvalue weighted by Crippen LogP contribution is -2.26. The molecule has 3 rings (SSSR count). The Labute approximate surface area is 176 Å². The molecule has 7 nitrogen and oxygen atoms in total. The molecule has 1 heterocycles. The number of carboxylic acid groups (broad SMARTS) is 1. The van der Waals surface area contributed by atoms with Crippen molar-refractivity contribution in [1.29, 1.82) is 0 Å². The number of halogens is 1. The summed E-state index contributed by atoms with van der Waals surface area (Å²) in [6.45, 7) is 0. The Bertz CT molecular complexity index is 1160. The minimum atomic E-state index is -3.91. The van der Waals surface area contributed by atoms with Gasteiger partial charge in [-0.05, 0) is 54.6 Å². The van der Waals surface area contributed by atoms with Crippen LogP contribution < -0.4 is 9.62 Å². The van der Waals surface area contributed by atoms with Crippen LogP contribution in [0.1, 0.15) is 20.7 Å². The summed E-state index contributed by atoms with van der Waals surface area (Å²) in [5, 5.41) is 10.7. The van der Waals surface area contributed by atoms with E-state index in [1.165, 1.54) is 22.4 Å². The number of nitrogens with zero attached hydrogens (tertiary/aromatic N) is 1. The maximum absolute atomic E-state index is 12.5. The van der Waals surface area contributed by atoms with Crippen LogP contribution in [0.25, 0.3) is 0 Å². The molecule has 0 aliphatic heterocycles. The van der Waals surface area contributed by atoms with Crippen LogP contribution in [0, 0.1) is 0 Å². The number of sulfonamides is 1. The largest absolute Gasteiger partial charge is 0.478 e. The fourth-order valence-electron chi connectivity index (χ4n) is 2.43. The molecule has 1 amide bonds. The van der Waals surface area contributed by atoms with Crippen LogP contribution in [0.5, 0.6) is 0 Å². The number of carbonyl (C=O) groups excluding carboxylic acids is 1. The first-order valence-electron chi connectivity index (χ1n) is 8.16. The highest BCUT2D eigenvalue weighted by Crippen LogP contribution is 2.25. The molecule has 0 fully saturated rings. The van der Waals surface area contributed by atoms with Gasteiger partial charge in [0.05, 0.1) is 5.56 Å². The molecular weight excluding hydrogens is 436 g/mol. The summed E-state index contributed by atoms with van der Waals surface area (Å²) in [5.74, 6) is -1.43. The fourth-order valence-corrected chi connectivity index (χ4v) is 4.77. The molecule has 0 saturated carbocycles. The molecule has 1 aromatic heterocycles. The molecule has 29 heavy (non-hydrogen) atoms. The summed E-state index contributed by atoms with van der Waals surface area (Å²) in [6, 6.07) is 13.8. The summed E-state index contributed by atoms with van der Waals surface area (Å²) >= 11 is 6.66. The number of thiophene rings is 1. The summed E-state index contributed by atoms with van der Waals surface area (Å²) in [6.07, 6.45) is 0. The number of anilines is 2. The molecule has 0 saturated heterocycles. The average Bonchev–Trinajstić information content (AvgIpc) is 3.19. The Morgan fingerprint density at radius 2 is 1.66 bits per heavy atom. The molecular formula is C19H15ClN2O5S2. The van der Waals surface area contributed by atoms with Crippen molar-refractivity contribution < 1.29 is 23.1 Å². The second kappa shape index (κ2) is 8.24. The van der Waals surface area contributed by atoms with Crippen molar-refractivity contribution in [1.82, 2.24) is 0 Å². The normalized spacial score (nSPS) is 11.1. The predicted molar refractivity (Wildman–Crippen MR) is 113 cm³/mol. The molecule has 0 bridgehead atoms. The van der Waals surface area contributed by atoms with E-state index >= 15 is 0 Å². The molecule has 2 aromatic carbocycles. The molecule has 2 N–H and O–H groups in total. The van der Waals surface area contributed by atoms with E-state index in [0.29, 0.717) is 16.3 Å². The number of benzene rings is 2. The molecule has 0 spiro atoms. The van der Waals surface area contributed by atoms with Gasteiger partial charge in [-0.3, -0.25) is 9.52 Å². The standard InChI is InChI=1S/C19H15ClN2O5S2/c1-22(18(23)12-2-4-14(20)5-3-12)16-8-6-15(7-9-16)21-29(26,27)17-10-13(11-28-17)19(24)25/h2-11,21H,1H3,(H,24,25). The van der Waals surface area contributed by atoms with Gasteiger partial charge in [-0.25, -0.2) is 13.2 Å². The van der Waals surface area contributed by atoms with Crippen molar-refractivity contribution in [2.24, 2.45) is 0 Å². The van der Waals surface area contributed by atoms with Crippen molar-refractivity contribution in [2.75, 3.05) is 16.7 Å². The second-order valence-electron chi connectivity index (χ2n) is 5.98. The van der Waals surface area contributed by atoms with Gasteiger partial charge < -0.3 is 10.0 Å². The molecule has 0 aliphatic carbocycles. The van der Waals surface area contributed by atoms with Crippen LogP contribution in [0.15, 0.2) is 64.2 Å². The quantitative estimate of drug-likeness (QED) is 0.586. The van der Waals surface area contributed by atoms with E-state index in [1.807, 2.05) is 0 Å². The first-order chi connectivity index (χ1) is 13.7. The van der Waals surface area contributed by atoms with Crippen molar-refractivity contribution in [3.8, 4) is 0 Å². The molecule has 10 heteroatoms. The third-order valence-corrected chi connectivity index (χ3v) is 7.06. The summed E-state index contributed by atoms with van der Waals surface area (Å²) in [4.78, 5) is 24.9. The van der Waals surface area contributed by atoms with Crippen molar-refractivity contribution >= 4 is 56.2 Å². The van der Waals surface area contributed by atoms with E-state index in [0.717, 1.165) is 17.4 Å². The minimum Gasteiger partial charge on any atom is -0.478 e. The van der Waals surface area contributed by atoms with Gasteiger partial charge in [0.2, 0.25) is 0 Å². The number of carboxylic acids is 1. The molecule has 0 aliphatic rings. The lowest BCUT2D eigenvalue weighted by atomic mass is 10.2. The Kier molecular flexibility index (Phi) is 5.92. The molecule has 0 radical (unpaired) electrons. The maximum Gasteiger partial charge on any atom is 0.336 e. The second-order valence-corrected chi connectivity index (χ2v) is 9.24. The van der Waals surface area contributed by atoms with Gasteiger partial charge >= 0.3 is 5.97 Å². The van der Waals surface area contributed by atoms with Crippen LogP contribution in [0.2, 0.25) is 5.02 Å². The smallest absolute Gasteiger partial charge is 0.336 e. The highest BCUT2D eigenvalue weighted by molar-refractivity contribution is 7.94. The Hall–Kier alpha value is -2.88. The first kappa shape index (κ1) is 20.8. The zero-order valence-corrected chi connectivity index (χ0v) is 17.4. The minimum absolute atomic E-state index is 0.0898. The Morgan fingerprint density at radius 1 is 1.03 bits per heavy atom. The van der Waals surface area contributed by atoms with Crippen LogP contribution >= 0.6 is 22.9 Å². The van der Waals surface area contributed by atoms with Gasteiger partial charge in [0.1, 0.15) is 4.21 Å². The Balaban J connectivity index is 1.74. The monoisotopic (exact) mass is 450 g/mol. The number of amides is 1. The van der Waals surface area contributed by atoms with Gasteiger partial charge in [0.15, 0.2) is 0 Å². The van der Waals surface area contributed by atoms with Crippen molar-refractivity contribution in [2.45, 2.75) is 4.21 Å². The molecule has 0 atom stereocenters. The first-order valence-corrected chi connectivity index (χ1v) is 10.9. The number of rotatable bonds is 6. The topological polar surface area (TPSA) is 104 Å². The molecule has 3 aromatic rings. The number of hydrogen-bond donors (Lipinski definition) is 2. The van der Waals surface area contributed by atoms with Crippen LogP contribution in [0.4, 0.5) is 11.4 Å². The van der Waals surface area contributed by atoms with E-state index < -0.39 is 16.0 Å². The molecule has 0 unspecified atom stereocenters. The van der Waals surface area contributed by atoms with Gasteiger partial charge in [-0.1, -0.05) is 11.6 Å². The van der Waals surface area contributed by atoms with Gasteiger partial charge in [-0.2, -0.15) is 0 Å². The maximum atomic E-state index is 12.5. The zero-order chi connectivity index (χ0) is 21.2. The third kappa shape index (κ3) is 4.76. The highest BCUT2D eigenvalue weighted by atomic mass is 35.5. The summed E-state index contributed by atoms with van der Waals surface area (Å²) in [5.41, 5.74) is 1.23. The van der Waals surface area contributed by atoms with E-state index in [4.69, 9.17) is 16.7 Å². The van der Waals surface area contributed by atoms with E-state index in [9.17, 15) is 18.0 Å². The van der Waals surface area contributed by atoms with E-state index in [2.05, 4.69) is 4.72 Å². The van der Waals surface area contributed by atoms with E-state index in [1.54, 1.807) is 43.4 Å². The summed E-state index contributed by atoms with van der Waals surface area (Å²) < 4.78 is 27.1. The van der Waals surface area contributed by atoms with Crippen LogP contribution in [0.3, 0.4) is 0 Å². The van der Waals surface area contributed by atoms with Gasteiger partial charge in [-0.15, -0.1) is 11.3 Å². The van der Waals surface area contributed by atoms with Crippen molar-refractivity contribution in [3.05, 3.63) is 76.1 Å². The van der Waals surface area contributed by atoms with E-state index in [-0.39, 0.29) is 21.4 Å². The van der Waals surface area contributed by atoms with Gasteiger partial charge in [0.25, 0.3) is 15.9 Å². The lowest BCUT2D eigenvalue weighted by Gasteiger charge is -2.18.